The molecule has 1 atom stereocenters. The number of rotatable bonds is 3. The predicted octanol–water partition coefficient (Wildman–Crippen LogP) is 4.77. The number of para-hydroxylation sites is 1. The van der Waals surface area contributed by atoms with Crippen LogP contribution in [0, 0.1) is 0 Å². The van der Waals surface area contributed by atoms with Gasteiger partial charge in [-0.1, -0.05) is 36.4 Å². The zero-order valence-corrected chi connectivity index (χ0v) is 15.9. The summed E-state index contributed by atoms with van der Waals surface area (Å²) in [5.41, 5.74) is 2.90. The first kappa shape index (κ1) is 16.9. The van der Waals surface area contributed by atoms with Crippen LogP contribution in [-0.4, -0.2) is 25.8 Å². The maximum atomic E-state index is 13.0. The summed E-state index contributed by atoms with van der Waals surface area (Å²) in [6.45, 7) is 3.10. The van der Waals surface area contributed by atoms with Crippen LogP contribution in [-0.2, 0) is 10.0 Å². The van der Waals surface area contributed by atoms with Gasteiger partial charge in [-0.3, -0.25) is 0 Å². The van der Waals surface area contributed by atoms with E-state index in [2.05, 4.69) is 11.4 Å². The second kappa shape index (κ2) is 6.67. The molecule has 2 aliphatic heterocycles. The average molecular weight is 375 g/mol. The van der Waals surface area contributed by atoms with Crippen molar-refractivity contribution in [1.82, 2.24) is 4.31 Å². The third-order valence-electron chi connectivity index (χ3n) is 4.97. The van der Waals surface area contributed by atoms with Crippen LogP contribution in [0.3, 0.4) is 0 Å². The highest BCUT2D eigenvalue weighted by atomic mass is 32.2. The number of piperidine rings is 1. The number of benzene rings is 2. The van der Waals surface area contributed by atoms with E-state index in [1.165, 1.54) is 4.90 Å². The molecule has 0 saturated carbocycles. The van der Waals surface area contributed by atoms with Crippen LogP contribution in [0.2, 0.25) is 0 Å². The zero-order valence-electron chi connectivity index (χ0n) is 14.2. The second-order valence-corrected chi connectivity index (χ2v) is 9.96. The molecular formula is C19H22N2O2S2. The molecule has 0 amide bonds. The van der Waals surface area contributed by atoms with E-state index in [1.807, 2.05) is 36.4 Å². The van der Waals surface area contributed by atoms with Crippen molar-refractivity contribution < 1.29 is 8.42 Å². The molecular weight excluding hydrogens is 352 g/mol. The van der Waals surface area contributed by atoms with Crippen LogP contribution in [0.4, 0.5) is 11.4 Å². The average Bonchev–Trinajstić information content (AvgIpc) is 2.66. The molecule has 1 unspecified atom stereocenters. The number of sulfonamides is 1. The lowest BCUT2D eigenvalue weighted by Gasteiger charge is -2.29. The molecule has 0 spiro atoms. The summed E-state index contributed by atoms with van der Waals surface area (Å²) < 4.78 is 27.6. The first-order valence-corrected chi connectivity index (χ1v) is 11.0. The van der Waals surface area contributed by atoms with Crippen LogP contribution in [0.15, 0.2) is 52.3 Å². The molecule has 0 bridgehead atoms. The van der Waals surface area contributed by atoms with Crippen LogP contribution in [0.25, 0.3) is 0 Å². The van der Waals surface area contributed by atoms with Gasteiger partial charge in [0.05, 0.1) is 16.6 Å². The quantitative estimate of drug-likeness (QED) is 0.717. The van der Waals surface area contributed by atoms with E-state index < -0.39 is 15.3 Å². The van der Waals surface area contributed by atoms with Gasteiger partial charge in [-0.2, -0.15) is 0 Å². The summed E-state index contributed by atoms with van der Waals surface area (Å²) in [6.07, 6.45) is 3.05. The SMILES string of the molecule is CC(c1ccc2c(c1)Nc1ccccc1S2)S(=O)(=O)N1CCCCC1. The van der Waals surface area contributed by atoms with E-state index in [0.717, 1.165) is 41.1 Å². The lowest BCUT2D eigenvalue weighted by molar-refractivity contribution is 0.343. The summed E-state index contributed by atoms with van der Waals surface area (Å²) in [5.74, 6) is 0. The van der Waals surface area contributed by atoms with Crippen LogP contribution >= 0.6 is 11.8 Å². The zero-order chi connectivity index (χ0) is 17.4. The van der Waals surface area contributed by atoms with E-state index in [9.17, 15) is 8.42 Å². The standard InChI is InChI=1S/C19H22N2O2S2/c1-14(25(22,23)21-11-5-2-6-12-21)15-9-10-19-17(13-15)20-16-7-3-4-8-18(16)24-19/h3-4,7-10,13-14,20H,2,5-6,11-12H2,1H3. The Hall–Kier alpha value is -1.50. The monoisotopic (exact) mass is 374 g/mol. The van der Waals surface area contributed by atoms with Gasteiger partial charge in [-0.15, -0.1) is 0 Å². The Labute approximate surface area is 153 Å². The third kappa shape index (κ3) is 3.18. The fourth-order valence-corrected chi connectivity index (χ4v) is 6.10. The molecule has 6 heteroatoms. The number of nitrogens with one attached hydrogen (secondary N) is 1. The lowest BCUT2D eigenvalue weighted by Crippen LogP contribution is -2.37. The summed E-state index contributed by atoms with van der Waals surface area (Å²) in [4.78, 5) is 2.32. The first-order chi connectivity index (χ1) is 12.1. The van der Waals surface area contributed by atoms with E-state index in [4.69, 9.17) is 0 Å². The Morgan fingerprint density at radius 1 is 1.00 bits per heavy atom. The molecule has 1 saturated heterocycles. The Morgan fingerprint density at radius 3 is 2.52 bits per heavy atom. The Balaban J connectivity index is 1.62. The van der Waals surface area contributed by atoms with Crippen molar-refractivity contribution in [2.24, 2.45) is 0 Å². The van der Waals surface area contributed by atoms with Crippen molar-refractivity contribution in [3.05, 3.63) is 48.0 Å². The molecule has 0 aromatic heterocycles. The number of hydrogen-bond donors (Lipinski definition) is 1. The van der Waals surface area contributed by atoms with Crippen molar-refractivity contribution in [3.63, 3.8) is 0 Å². The topological polar surface area (TPSA) is 49.4 Å². The Morgan fingerprint density at radius 2 is 1.72 bits per heavy atom. The van der Waals surface area contributed by atoms with E-state index >= 15 is 0 Å². The number of hydrogen-bond acceptors (Lipinski definition) is 4. The summed E-state index contributed by atoms with van der Waals surface area (Å²) in [7, 11) is -3.30. The molecule has 0 aliphatic carbocycles. The highest BCUT2D eigenvalue weighted by Gasteiger charge is 2.31. The first-order valence-electron chi connectivity index (χ1n) is 8.72. The Kier molecular flexibility index (Phi) is 4.52. The van der Waals surface area contributed by atoms with Crippen molar-refractivity contribution in [1.29, 1.82) is 0 Å². The van der Waals surface area contributed by atoms with Gasteiger partial charge >= 0.3 is 0 Å². The molecule has 2 aromatic rings. The fourth-order valence-electron chi connectivity index (χ4n) is 3.42. The lowest BCUT2D eigenvalue weighted by atomic mass is 10.1. The number of fused-ring (bicyclic) bond motifs is 2. The van der Waals surface area contributed by atoms with Gasteiger partial charge in [0.15, 0.2) is 0 Å². The van der Waals surface area contributed by atoms with Gasteiger partial charge < -0.3 is 5.32 Å². The van der Waals surface area contributed by atoms with Gasteiger partial charge in [0.2, 0.25) is 10.0 Å². The largest absolute Gasteiger partial charge is 0.354 e. The minimum atomic E-state index is -3.30. The maximum Gasteiger partial charge on any atom is 0.220 e. The van der Waals surface area contributed by atoms with Gasteiger partial charge in [0.1, 0.15) is 0 Å². The molecule has 1 N–H and O–H groups in total. The normalized spacial score (nSPS) is 18.8. The van der Waals surface area contributed by atoms with Gasteiger partial charge in [-0.05, 0) is 49.6 Å². The van der Waals surface area contributed by atoms with Gasteiger partial charge in [0, 0.05) is 22.9 Å². The molecule has 25 heavy (non-hydrogen) atoms. The highest BCUT2D eigenvalue weighted by molar-refractivity contribution is 7.99. The summed E-state index contributed by atoms with van der Waals surface area (Å²) in [5, 5.41) is 2.91. The molecule has 4 nitrogen and oxygen atoms in total. The number of anilines is 2. The Bertz CT molecular complexity index is 890. The molecule has 1 fully saturated rings. The van der Waals surface area contributed by atoms with E-state index in [-0.39, 0.29) is 0 Å². The van der Waals surface area contributed by atoms with Gasteiger partial charge in [-0.25, -0.2) is 12.7 Å². The van der Waals surface area contributed by atoms with E-state index in [0.29, 0.717) is 13.1 Å². The highest BCUT2D eigenvalue weighted by Crippen LogP contribution is 2.45. The maximum absolute atomic E-state index is 13.0. The van der Waals surface area contributed by atoms with Crippen LogP contribution < -0.4 is 5.32 Å². The van der Waals surface area contributed by atoms with Crippen molar-refractivity contribution in [2.75, 3.05) is 18.4 Å². The minimum Gasteiger partial charge on any atom is -0.354 e. The summed E-state index contributed by atoms with van der Waals surface area (Å²) in [6, 6.07) is 14.1. The molecule has 2 heterocycles. The molecule has 2 aliphatic rings. The fraction of sp³-hybridized carbons (Fsp3) is 0.368. The molecule has 4 rings (SSSR count). The van der Waals surface area contributed by atoms with Crippen molar-refractivity contribution in [2.45, 2.75) is 41.2 Å². The minimum absolute atomic E-state index is 0.528. The van der Waals surface area contributed by atoms with Crippen molar-refractivity contribution in [3.8, 4) is 0 Å². The van der Waals surface area contributed by atoms with Crippen LogP contribution in [0.1, 0.15) is 37.0 Å². The second-order valence-electron chi connectivity index (χ2n) is 6.63. The third-order valence-corrected chi connectivity index (χ3v) is 8.37. The molecule has 2 aromatic carbocycles. The number of nitrogens with zero attached hydrogens (tertiary/aromatic N) is 1. The molecule has 132 valence electrons. The molecule has 0 radical (unpaired) electrons. The predicted molar refractivity (Wildman–Crippen MR) is 103 cm³/mol. The summed E-state index contributed by atoms with van der Waals surface area (Å²) >= 11 is 1.72. The van der Waals surface area contributed by atoms with Crippen molar-refractivity contribution >= 4 is 33.2 Å². The van der Waals surface area contributed by atoms with E-state index in [1.54, 1.807) is 23.0 Å². The van der Waals surface area contributed by atoms with Crippen LogP contribution in [0.5, 0.6) is 0 Å². The van der Waals surface area contributed by atoms with Gasteiger partial charge in [0.25, 0.3) is 0 Å². The smallest absolute Gasteiger partial charge is 0.220 e.